The van der Waals surface area contributed by atoms with E-state index in [1.807, 2.05) is 6.92 Å². The molecule has 1 N–H and O–H groups in total. The van der Waals surface area contributed by atoms with Crippen molar-refractivity contribution in [1.29, 1.82) is 0 Å². The first kappa shape index (κ1) is 27.2. The number of ether oxygens (including phenoxy) is 6. The Morgan fingerprint density at radius 3 is 2.34 bits per heavy atom. The lowest BCUT2D eigenvalue weighted by atomic mass is 9.86. The third-order valence-electron chi connectivity index (χ3n) is 6.80. The van der Waals surface area contributed by atoms with Crippen molar-refractivity contribution in [1.82, 2.24) is 4.98 Å². The fraction of sp³-hybridized carbons (Fsp3) is 0.593. The SMILES string of the molecule is COCOc1c(C)c(C)c2c(c1C)CCC(C)(CCOCc1cnc(C)c(OCOC)c1CO)O2. The van der Waals surface area contributed by atoms with Crippen molar-refractivity contribution in [3.8, 4) is 17.2 Å². The summed E-state index contributed by atoms with van der Waals surface area (Å²) < 4.78 is 34.2. The predicted molar refractivity (Wildman–Crippen MR) is 132 cm³/mol. The van der Waals surface area contributed by atoms with Crippen LogP contribution in [0, 0.1) is 27.7 Å². The Morgan fingerprint density at radius 1 is 1.00 bits per heavy atom. The zero-order chi connectivity index (χ0) is 25.6. The van der Waals surface area contributed by atoms with Crippen LogP contribution < -0.4 is 14.2 Å². The molecule has 0 bridgehead atoms. The molecule has 1 unspecified atom stereocenters. The summed E-state index contributed by atoms with van der Waals surface area (Å²) in [5.74, 6) is 2.40. The molecular formula is C27H39NO7. The van der Waals surface area contributed by atoms with Gasteiger partial charge in [0, 0.05) is 43.5 Å². The zero-order valence-corrected chi connectivity index (χ0v) is 22.1. The number of aromatic nitrogens is 1. The second kappa shape index (κ2) is 12.0. The molecule has 0 aliphatic carbocycles. The van der Waals surface area contributed by atoms with Crippen LogP contribution in [0.1, 0.15) is 58.8 Å². The van der Waals surface area contributed by atoms with E-state index in [0.29, 0.717) is 30.2 Å². The molecule has 1 atom stereocenters. The fourth-order valence-electron chi connectivity index (χ4n) is 4.54. The van der Waals surface area contributed by atoms with Gasteiger partial charge in [0.1, 0.15) is 22.8 Å². The van der Waals surface area contributed by atoms with Crippen LogP contribution in [0.4, 0.5) is 0 Å². The lowest BCUT2D eigenvalue weighted by Gasteiger charge is -2.38. The number of nitrogens with zero attached hydrogens (tertiary/aromatic N) is 1. The molecule has 2 aromatic rings. The molecule has 0 fully saturated rings. The summed E-state index contributed by atoms with van der Waals surface area (Å²) in [6.07, 6.45) is 4.28. The number of aryl methyl sites for hydroxylation is 1. The van der Waals surface area contributed by atoms with Crippen molar-refractivity contribution in [2.75, 3.05) is 34.4 Å². The first-order chi connectivity index (χ1) is 16.8. The topological polar surface area (TPSA) is 88.5 Å². The molecule has 0 amide bonds. The van der Waals surface area contributed by atoms with Gasteiger partial charge in [0.15, 0.2) is 13.6 Å². The molecular weight excluding hydrogens is 450 g/mol. The van der Waals surface area contributed by atoms with Gasteiger partial charge in [-0.1, -0.05) is 0 Å². The Kier molecular flexibility index (Phi) is 9.35. The van der Waals surface area contributed by atoms with Gasteiger partial charge < -0.3 is 33.5 Å². The summed E-state index contributed by atoms with van der Waals surface area (Å²) in [7, 11) is 3.18. The van der Waals surface area contributed by atoms with Gasteiger partial charge in [-0.25, -0.2) is 0 Å². The molecule has 1 aliphatic heterocycles. The number of rotatable bonds is 12. The van der Waals surface area contributed by atoms with E-state index in [1.165, 1.54) is 5.56 Å². The van der Waals surface area contributed by atoms with Crippen molar-refractivity contribution < 1.29 is 33.5 Å². The maximum Gasteiger partial charge on any atom is 0.188 e. The summed E-state index contributed by atoms with van der Waals surface area (Å²) in [5.41, 5.74) is 6.36. The minimum atomic E-state index is -0.330. The van der Waals surface area contributed by atoms with Gasteiger partial charge in [-0.05, 0) is 64.2 Å². The largest absolute Gasteiger partial charge is 0.487 e. The fourth-order valence-corrected chi connectivity index (χ4v) is 4.54. The van der Waals surface area contributed by atoms with Gasteiger partial charge in [-0.3, -0.25) is 4.98 Å². The minimum absolute atomic E-state index is 0.0926. The number of hydrogen-bond acceptors (Lipinski definition) is 8. The van der Waals surface area contributed by atoms with Crippen LogP contribution in [-0.4, -0.2) is 50.1 Å². The number of fused-ring (bicyclic) bond motifs is 1. The highest BCUT2D eigenvalue weighted by Gasteiger charge is 2.34. The Bertz CT molecular complexity index is 1020. The molecule has 3 rings (SSSR count). The summed E-state index contributed by atoms with van der Waals surface area (Å²) in [4.78, 5) is 4.39. The average Bonchev–Trinajstić information content (AvgIpc) is 2.85. The maximum absolute atomic E-state index is 9.92. The quantitative estimate of drug-likeness (QED) is 0.345. The highest BCUT2D eigenvalue weighted by Crippen LogP contribution is 2.44. The summed E-state index contributed by atoms with van der Waals surface area (Å²) in [5, 5.41) is 9.92. The van der Waals surface area contributed by atoms with E-state index in [-0.39, 0.29) is 25.8 Å². The molecule has 194 valence electrons. The maximum atomic E-state index is 9.92. The van der Waals surface area contributed by atoms with E-state index >= 15 is 0 Å². The Morgan fingerprint density at radius 2 is 1.69 bits per heavy atom. The normalized spacial score (nSPS) is 17.1. The summed E-state index contributed by atoms with van der Waals surface area (Å²) in [6, 6.07) is 0. The van der Waals surface area contributed by atoms with Crippen molar-refractivity contribution in [2.24, 2.45) is 0 Å². The number of pyridine rings is 1. The van der Waals surface area contributed by atoms with Crippen LogP contribution in [0.15, 0.2) is 6.20 Å². The van der Waals surface area contributed by atoms with Gasteiger partial charge in [-0.15, -0.1) is 0 Å². The zero-order valence-electron chi connectivity index (χ0n) is 22.1. The predicted octanol–water partition coefficient (Wildman–Crippen LogP) is 4.46. The van der Waals surface area contributed by atoms with Gasteiger partial charge in [0.2, 0.25) is 0 Å². The molecule has 1 aromatic carbocycles. The Balaban J connectivity index is 1.66. The van der Waals surface area contributed by atoms with Crippen LogP contribution in [0.2, 0.25) is 0 Å². The average molecular weight is 490 g/mol. The highest BCUT2D eigenvalue weighted by atomic mass is 16.7. The molecule has 8 heteroatoms. The lowest BCUT2D eigenvalue weighted by molar-refractivity contribution is 0.0133. The summed E-state index contributed by atoms with van der Waals surface area (Å²) in [6.45, 7) is 11.2. The van der Waals surface area contributed by atoms with Crippen molar-refractivity contribution >= 4 is 0 Å². The van der Waals surface area contributed by atoms with E-state index in [2.05, 4.69) is 32.7 Å². The standard InChI is InChI=1S/C27H39NO7/c1-17-18(2)25-22(19(3)24(17)33-15-30-6)8-9-27(5,35-25)10-11-32-14-21-12-28-20(4)26(23(21)13-29)34-16-31-7/h12,29H,8-11,13-16H2,1-7H3. The number of hydrogen-bond donors (Lipinski definition) is 1. The molecule has 8 nitrogen and oxygen atoms in total. The van der Waals surface area contributed by atoms with E-state index < -0.39 is 0 Å². The number of aliphatic hydroxyl groups is 1. The number of methoxy groups -OCH3 is 2. The molecule has 0 saturated heterocycles. The van der Waals surface area contributed by atoms with Crippen LogP contribution in [0.5, 0.6) is 17.2 Å². The van der Waals surface area contributed by atoms with E-state index in [1.54, 1.807) is 20.4 Å². The third kappa shape index (κ3) is 6.06. The van der Waals surface area contributed by atoms with E-state index in [0.717, 1.165) is 53.0 Å². The second-order valence-corrected chi connectivity index (χ2v) is 9.30. The number of aliphatic hydroxyl groups excluding tert-OH is 1. The van der Waals surface area contributed by atoms with Gasteiger partial charge in [-0.2, -0.15) is 0 Å². The van der Waals surface area contributed by atoms with Crippen molar-refractivity contribution in [2.45, 2.75) is 72.7 Å². The first-order valence-electron chi connectivity index (χ1n) is 12.0. The molecule has 0 radical (unpaired) electrons. The van der Waals surface area contributed by atoms with Gasteiger partial charge >= 0.3 is 0 Å². The van der Waals surface area contributed by atoms with E-state index in [4.69, 9.17) is 28.4 Å². The van der Waals surface area contributed by atoms with E-state index in [9.17, 15) is 5.11 Å². The minimum Gasteiger partial charge on any atom is -0.487 e. The molecule has 0 spiro atoms. The van der Waals surface area contributed by atoms with Crippen molar-refractivity contribution in [3.63, 3.8) is 0 Å². The monoisotopic (exact) mass is 489 g/mol. The molecule has 1 aromatic heterocycles. The van der Waals surface area contributed by atoms with Crippen LogP contribution in [0.3, 0.4) is 0 Å². The Hall–Kier alpha value is -2.39. The van der Waals surface area contributed by atoms with Crippen molar-refractivity contribution in [3.05, 3.63) is 45.3 Å². The van der Waals surface area contributed by atoms with Crippen LogP contribution >= 0.6 is 0 Å². The van der Waals surface area contributed by atoms with Gasteiger partial charge in [0.05, 0.1) is 25.5 Å². The summed E-state index contributed by atoms with van der Waals surface area (Å²) >= 11 is 0. The molecule has 35 heavy (non-hydrogen) atoms. The smallest absolute Gasteiger partial charge is 0.188 e. The third-order valence-corrected chi connectivity index (χ3v) is 6.80. The number of benzene rings is 1. The van der Waals surface area contributed by atoms with Crippen LogP contribution in [0.25, 0.3) is 0 Å². The lowest BCUT2D eigenvalue weighted by Crippen LogP contribution is -2.38. The molecule has 0 saturated carbocycles. The highest BCUT2D eigenvalue weighted by molar-refractivity contribution is 5.59. The van der Waals surface area contributed by atoms with Gasteiger partial charge in [0.25, 0.3) is 0 Å². The Labute approximate surface area is 208 Å². The molecule has 1 aliphatic rings. The first-order valence-corrected chi connectivity index (χ1v) is 12.0. The molecule has 2 heterocycles. The second-order valence-electron chi connectivity index (χ2n) is 9.30. The van der Waals surface area contributed by atoms with Crippen LogP contribution in [-0.2, 0) is 33.8 Å².